The van der Waals surface area contributed by atoms with Gasteiger partial charge in [0.25, 0.3) is 0 Å². The van der Waals surface area contributed by atoms with Crippen LogP contribution >= 0.6 is 0 Å². The molecule has 0 aromatic carbocycles. The Labute approximate surface area is 98.9 Å². The molecular formula is C13H25NO2. The van der Waals surface area contributed by atoms with Gasteiger partial charge in [0.05, 0.1) is 12.2 Å². The summed E-state index contributed by atoms with van der Waals surface area (Å²) in [5.41, 5.74) is 0. The molecule has 3 heteroatoms. The number of hydrogen-bond acceptors (Lipinski definition) is 3. The highest BCUT2D eigenvalue weighted by molar-refractivity contribution is 4.99. The summed E-state index contributed by atoms with van der Waals surface area (Å²) in [7, 11) is 1.79. The van der Waals surface area contributed by atoms with Crippen LogP contribution in [0.1, 0.15) is 39.5 Å². The molecule has 2 saturated carbocycles. The molecule has 3 nitrogen and oxygen atoms in total. The van der Waals surface area contributed by atoms with Crippen LogP contribution in [-0.2, 0) is 9.47 Å². The molecular weight excluding hydrogens is 202 g/mol. The molecule has 0 radical (unpaired) electrons. The normalized spacial score (nSPS) is 43.3. The fourth-order valence-electron chi connectivity index (χ4n) is 3.10. The van der Waals surface area contributed by atoms with Crippen molar-refractivity contribution in [3.05, 3.63) is 0 Å². The molecule has 94 valence electrons. The van der Waals surface area contributed by atoms with Crippen molar-refractivity contribution in [1.29, 1.82) is 0 Å². The third-order valence-corrected chi connectivity index (χ3v) is 4.05. The predicted molar refractivity (Wildman–Crippen MR) is 64.6 cm³/mol. The van der Waals surface area contributed by atoms with Gasteiger partial charge in [0.2, 0.25) is 0 Å². The number of ether oxygens (including phenoxy) is 2. The molecule has 0 amide bonds. The number of rotatable bonds is 5. The minimum Gasteiger partial charge on any atom is -0.377 e. The van der Waals surface area contributed by atoms with Gasteiger partial charge >= 0.3 is 0 Å². The molecule has 2 aliphatic rings. The first-order valence-corrected chi connectivity index (χ1v) is 6.65. The molecule has 0 heterocycles. The Balaban J connectivity index is 1.74. The highest BCUT2D eigenvalue weighted by atomic mass is 16.5. The molecule has 2 aliphatic carbocycles. The van der Waals surface area contributed by atoms with Crippen molar-refractivity contribution in [3.63, 3.8) is 0 Å². The number of hydrogen-bond donors (Lipinski definition) is 1. The zero-order chi connectivity index (χ0) is 11.5. The van der Waals surface area contributed by atoms with E-state index >= 15 is 0 Å². The van der Waals surface area contributed by atoms with E-state index in [0.29, 0.717) is 18.2 Å². The van der Waals surface area contributed by atoms with Gasteiger partial charge in [-0.1, -0.05) is 6.92 Å². The van der Waals surface area contributed by atoms with E-state index in [1.54, 1.807) is 7.11 Å². The van der Waals surface area contributed by atoms with Crippen LogP contribution in [-0.4, -0.2) is 38.0 Å². The van der Waals surface area contributed by atoms with Crippen molar-refractivity contribution in [2.75, 3.05) is 13.7 Å². The van der Waals surface area contributed by atoms with Gasteiger partial charge in [-0.25, -0.2) is 0 Å². The van der Waals surface area contributed by atoms with E-state index in [9.17, 15) is 0 Å². The minimum atomic E-state index is 0.260. The molecule has 0 aromatic rings. The standard InChI is InChI=1S/C13H25NO2/c1-4-16-12-8-11(13(12)15-3)14-10-6-5-9(2)7-10/h9-14H,4-8H2,1-3H3. The van der Waals surface area contributed by atoms with Crippen LogP contribution < -0.4 is 5.32 Å². The van der Waals surface area contributed by atoms with Crippen molar-refractivity contribution in [3.8, 4) is 0 Å². The molecule has 0 aromatic heterocycles. The summed E-state index contributed by atoms with van der Waals surface area (Å²) in [4.78, 5) is 0. The summed E-state index contributed by atoms with van der Waals surface area (Å²) in [5, 5.41) is 3.73. The summed E-state index contributed by atoms with van der Waals surface area (Å²) in [6.45, 7) is 5.18. The van der Waals surface area contributed by atoms with E-state index in [1.165, 1.54) is 19.3 Å². The van der Waals surface area contributed by atoms with Crippen LogP contribution in [0.2, 0.25) is 0 Å². The van der Waals surface area contributed by atoms with E-state index in [-0.39, 0.29) is 6.10 Å². The quantitative estimate of drug-likeness (QED) is 0.779. The third-order valence-electron chi connectivity index (χ3n) is 4.05. The Morgan fingerprint density at radius 1 is 1.25 bits per heavy atom. The topological polar surface area (TPSA) is 30.5 Å². The summed E-state index contributed by atoms with van der Waals surface area (Å²) in [6.07, 6.45) is 5.70. The van der Waals surface area contributed by atoms with Gasteiger partial charge in [-0.2, -0.15) is 0 Å². The Bertz CT molecular complexity index is 222. The summed E-state index contributed by atoms with van der Waals surface area (Å²) >= 11 is 0. The SMILES string of the molecule is CCOC1CC(NC2CCC(C)C2)C1OC. The van der Waals surface area contributed by atoms with Crippen LogP contribution in [0.25, 0.3) is 0 Å². The molecule has 5 atom stereocenters. The maximum Gasteiger partial charge on any atom is 0.0986 e. The first kappa shape index (κ1) is 12.3. The van der Waals surface area contributed by atoms with Crippen molar-refractivity contribution in [2.24, 2.45) is 5.92 Å². The zero-order valence-electron chi connectivity index (χ0n) is 10.7. The molecule has 16 heavy (non-hydrogen) atoms. The maximum atomic E-state index is 5.63. The lowest BCUT2D eigenvalue weighted by molar-refractivity contribution is -0.133. The Morgan fingerprint density at radius 2 is 2.06 bits per heavy atom. The summed E-state index contributed by atoms with van der Waals surface area (Å²) < 4.78 is 11.1. The summed E-state index contributed by atoms with van der Waals surface area (Å²) in [6, 6.07) is 1.22. The maximum absolute atomic E-state index is 5.63. The lowest BCUT2D eigenvalue weighted by Gasteiger charge is -2.44. The molecule has 2 rings (SSSR count). The Hall–Kier alpha value is -0.120. The average Bonchev–Trinajstić information content (AvgIpc) is 2.63. The average molecular weight is 227 g/mol. The van der Waals surface area contributed by atoms with Gasteiger partial charge in [0.1, 0.15) is 0 Å². The minimum absolute atomic E-state index is 0.260. The Kier molecular flexibility index (Phi) is 4.22. The highest BCUT2D eigenvalue weighted by Gasteiger charge is 2.43. The second-order valence-electron chi connectivity index (χ2n) is 5.32. The van der Waals surface area contributed by atoms with Crippen LogP contribution in [0.4, 0.5) is 0 Å². The smallest absolute Gasteiger partial charge is 0.0986 e. The third kappa shape index (κ3) is 2.58. The Morgan fingerprint density at radius 3 is 2.62 bits per heavy atom. The van der Waals surface area contributed by atoms with Gasteiger partial charge in [-0.15, -0.1) is 0 Å². The van der Waals surface area contributed by atoms with Gasteiger partial charge in [0, 0.05) is 25.8 Å². The van der Waals surface area contributed by atoms with E-state index in [1.807, 2.05) is 6.92 Å². The zero-order valence-corrected chi connectivity index (χ0v) is 10.7. The fraction of sp³-hybridized carbons (Fsp3) is 1.00. The van der Waals surface area contributed by atoms with E-state index < -0.39 is 0 Å². The van der Waals surface area contributed by atoms with Gasteiger partial charge in [0.15, 0.2) is 0 Å². The first-order valence-electron chi connectivity index (χ1n) is 6.65. The van der Waals surface area contributed by atoms with Crippen molar-refractivity contribution < 1.29 is 9.47 Å². The van der Waals surface area contributed by atoms with Gasteiger partial charge in [-0.05, 0) is 38.5 Å². The largest absolute Gasteiger partial charge is 0.377 e. The summed E-state index contributed by atoms with van der Waals surface area (Å²) in [5.74, 6) is 0.890. The molecule has 2 fully saturated rings. The predicted octanol–water partition coefficient (Wildman–Crippen LogP) is 1.96. The lowest BCUT2D eigenvalue weighted by Crippen LogP contribution is -2.61. The van der Waals surface area contributed by atoms with Crippen LogP contribution in [0, 0.1) is 5.92 Å². The van der Waals surface area contributed by atoms with E-state index in [4.69, 9.17) is 9.47 Å². The van der Waals surface area contributed by atoms with Crippen molar-refractivity contribution in [2.45, 2.75) is 63.8 Å². The van der Waals surface area contributed by atoms with E-state index in [2.05, 4.69) is 12.2 Å². The number of nitrogens with one attached hydrogen (secondary N) is 1. The first-order chi connectivity index (χ1) is 7.74. The van der Waals surface area contributed by atoms with Crippen molar-refractivity contribution >= 4 is 0 Å². The van der Waals surface area contributed by atoms with Crippen LogP contribution in [0.15, 0.2) is 0 Å². The van der Waals surface area contributed by atoms with Gasteiger partial charge in [-0.3, -0.25) is 0 Å². The van der Waals surface area contributed by atoms with E-state index in [0.717, 1.165) is 18.9 Å². The lowest BCUT2D eigenvalue weighted by atomic mass is 9.84. The molecule has 0 spiro atoms. The monoisotopic (exact) mass is 227 g/mol. The molecule has 0 aliphatic heterocycles. The van der Waals surface area contributed by atoms with Crippen molar-refractivity contribution in [1.82, 2.24) is 5.32 Å². The molecule has 5 unspecified atom stereocenters. The molecule has 1 N–H and O–H groups in total. The molecule has 0 saturated heterocycles. The fourth-order valence-corrected chi connectivity index (χ4v) is 3.10. The van der Waals surface area contributed by atoms with Crippen LogP contribution in [0.5, 0.6) is 0 Å². The van der Waals surface area contributed by atoms with Gasteiger partial charge < -0.3 is 14.8 Å². The second kappa shape index (κ2) is 5.48. The molecule has 0 bridgehead atoms. The number of methoxy groups -OCH3 is 1. The second-order valence-corrected chi connectivity index (χ2v) is 5.32. The van der Waals surface area contributed by atoms with Crippen LogP contribution in [0.3, 0.4) is 0 Å². The highest BCUT2D eigenvalue weighted by Crippen LogP contribution is 2.31.